The summed E-state index contributed by atoms with van der Waals surface area (Å²) in [6.07, 6.45) is 1.19. The smallest absolute Gasteiger partial charge is 0.272 e. The highest BCUT2D eigenvalue weighted by Gasteiger charge is 2.17. The maximum Gasteiger partial charge on any atom is 0.272 e. The second kappa shape index (κ2) is 13.6. The summed E-state index contributed by atoms with van der Waals surface area (Å²) in [5.41, 5.74) is 2.43. The Labute approximate surface area is 260 Å². The lowest BCUT2D eigenvalue weighted by molar-refractivity contribution is -0.114. The largest absolute Gasteiger partial charge is 0.321 e. The van der Waals surface area contributed by atoms with Crippen molar-refractivity contribution in [2.24, 2.45) is 0 Å². The summed E-state index contributed by atoms with van der Waals surface area (Å²) in [6.45, 7) is 2.00. The van der Waals surface area contributed by atoms with Crippen LogP contribution in [-0.4, -0.2) is 28.5 Å². The minimum atomic E-state index is -0.686. The zero-order chi connectivity index (χ0) is 30.3. The van der Waals surface area contributed by atoms with E-state index in [4.69, 9.17) is 11.6 Å². The Morgan fingerprint density at radius 2 is 1.74 bits per heavy atom. The molecule has 0 spiro atoms. The second-order valence-electron chi connectivity index (χ2n) is 9.32. The number of aromatic nitrogens is 1. The number of thiazole rings is 1. The van der Waals surface area contributed by atoms with Crippen LogP contribution in [0.25, 0.3) is 16.3 Å². The number of halogens is 2. The van der Waals surface area contributed by atoms with Crippen molar-refractivity contribution in [3.63, 3.8) is 0 Å². The minimum absolute atomic E-state index is 0.0405. The van der Waals surface area contributed by atoms with Crippen molar-refractivity contribution >= 4 is 79.5 Å². The second-order valence-corrected chi connectivity index (χ2v) is 11.8. The van der Waals surface area contributed by atoms with Gasteiger partial charge in [-0.3, -0.25) is 14.4 Å². The van der Waals surface area contributed by atoms with E-state index in [0.29, 0.717) is 16.4 Å². The minimum Gasteiger partial charge on any atom is -0.321 e. The average molecular weight is 631 g/mol. The molecule has 5 aromatic rings. The molecule has 0 unspecified atom stereocenters. The van der Waals surface area contributed by atoms with Crippen LogP contribution in [-0.2, 0) is 9.59 Å². The zero-order valence-corrected chi connectivity index (χ0v) is 25.1. The standard InChI is InChI=1S/C32H24ClFN4O3S2/c1-19-13-14-26-28(15-19)43-32(37-26)38-29(39)18-42-22-10-5-9-21(16-22)35-31(41)27(17-23-24(33)11-6-12-25(23)34)36-30(40)20-7-3-2-4-8-20/h2-17H,18H2,1H3,(H,35,41)(H,36,40)(H,37,38,39)/b27-17+. The van der Waals surface area contributed by atoms with E-state index in [0.717, 1.165) is 20.7 Å². The van der Waals surface area contributed by atoms with Gasteiger partial charge in [0.05, 0.1) is 21.0 Å². The normalized spacial score (nSPS) is 11.3. The van der Waals surface area contributed by atoms with Crippen LogP contribution in [0.5, 0.6) is 0 Å². The fourth-order valence-electron chi connectivity index (χ4n) is 3.99. The number of benzene rings is 4. The van der Waals surface area contributed by atoms with Crippen LogP contribution in [0, 0.1) is 12.7 Å². The Kier molecular flexibility index (Phi) is 9.51. The number of aryl methyl sites for hydroxylation is 1. The van der Waals surface area contributed by atoms with Crippen molar-refractivity contribution in [2.45, 2.75) is 11.8 Å². The maximum atomic E-state index is 14.6. The third-order valence-electron chi connectivity index (χ3n) is 6.07. The SMILES string of the molecule is Cc1ccc2nc(NC(=O)CSc3cccc(NC(=O)/C(=C\c4c(F)cccc4Cl)NC(=O)c4ccccc4)c3)sc2c1. The van der Waals surface area contributed by atoms with E-state index in [9.17, 15) is 18.8 Å². The van der Waals surface area contributed by atoms with Crippen molar-refractivity contribution in [1.82, 2.24) is 10.3 Å². The number of thioether (sulfide) groups is 1. The number of anilines is 2. The van der Waals surface area contributed by atoms with Crippen molar-refractivity contribution < 1.29 is 18.8 Å². The predicted octanol–water partition coefficient (Wildman–Crippen LogP) is 7.54. The third-order valence-corrected chi connectivity index (χ3v) is 8.33. The van der Waals surface area contributed by atoms with Crippen molar-refractivity contribution in [1.29, 1.82) is 0 Å². The summed E-state index contributed by atoms with van der Waals surface area (Å²) in [5, 5.41) is 8.75. The summed E-state index contributed by atoms with van der Waals surface area (Å²) < 4.78 is 15.6. The van der Waals surface area contributed by atoms with Crippen LogP contribution in [0.4, 0.5) is 15.2 Å². The fraction of sp³-hybridized carbons (Fsp3) is 0.0625. The molecular weight excluding hydrogens is 607 g/mol. The zero-order valence-electron chi connectivity index (χ0n) is 22.7. The molecule has 0 fully saturated rings. The van der Waals surface area contributed by atoms with E-state index in [1.165, 1.54) is 47.4 Å². The molecule has 216 valence electrons. The van der Waals surface area contributed by atoms with Gasteiger partial charge in [-0.2, -0.15) is 0 Å². The highest BCUT2D eigenvalue weighted by atomic mass is 35.5. The lowest BCUT2D eigenvalue weighted by Gasteiger charge is -2.13. The molecule has 0 atom stereocenters. The summed E-state index contributed by atoms with van der Waals surface area (Å²) in [7, 11) is 0. The first-order chi connectivity index (χ1) is 20.7. The number of hydrogen-bond donors (Lipinski definition) is 3. The molecule has 0 aliphatic rings. The Bertz CT molecular complexity index is 1840. The molecule has 3 amide bonds. The predicted molar refractivity (Wildman–Crippen MR) is 172 cm³/mol. The van der Waals surface area contributed by atoms with Gasteiger partial charge in [0.15, 0.2) is 5.13 Å². The van der Waals surface area contributed by atoms with E-state index in [-0.39, 0.29) is 27.9 Å². The topological polar surface area (TPSA) is 100 Å². The van der Waals surface area contributed by atoms with Crippen molar-refractivity contribution in [3.8, 4) is 0 Å². The maximum absolute atomic E-state index is 14.6. The van der Waals surface area contributed by atoms with Gasteiger partial charge >= 0.3 is 0 Å². The van der Waals surface area contributed by atoms with Gasteiger partial charge < -0.3 is 16.0 Å². The molecule has 0 radical (unpaired) electrons. The van der Waals surface area contributed by atoms with Crippen LogP contribution in [0.1, 0.15) is 21.5 Å². The summed E-state index contributed by atoms with van der Waals surface area (Å²) >= 11 is 8.88. The Morgan fingerprint density at radius 1 is 0.953 bits per heavy atom. The molecule has 0 aliphatic heterocycles. The monoisotopic (exact) mass is 630 g/mol. The average Bonchev–Trinajstić information content (AvgIpc) is 3.39. The number of nitrogens with one attached hydrogen (secondary N) is 3. The van der Waals surface area contributed by atoms with Gasteiger partial charge in [-0.05, 0) is 73.2 Å². The lowest BCUT2D eigenvalue weighted by Crippen LogP contribution is -2.30. The molecule has 7 nitrogen and oxygen atoms in total. The molecule has 0 saturated carbocycles. The highest BCUT2D eigenvalue weighted by Crippen LogP contribution is 2.28. The fourth-order valence-corrected chi connectivity index (χ4v) is 5.94. The number of hydrogen-bond acceptors (Lipinski definition) is 6. The number of fused-ring (bicyclic) bond motifs is 1. The molecule has 3 N–H and O–H groups in total. The summed E-state index contributed by atoms with van der Waals surface area (Å²) in [5.74, 6) is -1.98. The van der Waals surface area contributed by atoms with Crippen LogP contribution >= 0.6 is 34.7 Å². The third kappa shape index (κ3) is 7.86. The number of nitrogens with zero attached hydrogens (tertiary/aromatic N) is 1. The Balaban J connectivity index is 1.27. The van der Waals surface area contributed by atoms with E-state index in [2.05, 4.69) is 20.9 Å². The molecule has 5 rings (SSSR count). The summed E-state index contributed by atoms with van der Waals surface area (Å²) in [4.78, 5) is 44.0. The number of carbonyl (C=O) groups is 3. The first-order valence-electron chi connectivity index (χ1n) is 13.0. The quantitative estimate of drug-likeness (QED) is 0.115. The van der Waals surface area contributed by atoms with Gasteiger partial charge in [-0.1, -0.05) is 59.3 Å². The molecule has 43 heavy (non-hydrogen) atoms. The van der Waals surface area contributed by atoms with Gasteiger partial charge in [0.1, 0.15) is 11.5 Å². The molecule has 0 aliphatic carbocycles. The van der Waals surface area contributed by atoms with E-state index in [1.54, 1.807) is 54.6 Å². The lowest BCUT2D eigenvalue weighted by atomic mass is 10.1. The van der Waals surface area contributed by atoms with Gasteiger partial charge in [0.2, 0.25) is 5.91 Å². The molecule has 0 saturated heterocycles. The summed E-state index contributed by atoms with van der Waals surface area (Å²) in [6, 6.07) is 25.3. The first-order valence-corrected chi connectivity index (χ1v) is 15.2. The molecule has 1 heterocycles. The molecule has 0 bridgehead atoms. The van der Waals surface area contributed by atoms with E-state index >= 15 is 0 Å². The van der Waals surface area contributed by atoms with Crippen LogP contribution in [0.2, 0.25) is 5.02 Å². The molecule has 1 aromatic heterocycles. The van der Waals surface area contributed by atoms with E-state index < -0.39 is 17.6 Å². The van der Waals surface area contributed by atoms with Gasteiger partial charge in [0.25, 0.3) is 11.8 Å². The molecular formula is C32H24ClFN4O3S2. The number of carbonyl (C=O) groups excluding carboxylic acids is 3. The van der Waals surface area contributed by atoms with Crippen molar-refractivity contribution in [2.75, 3.05) is 16.4 Å². The first kappa shape index (κ1) is 30.0. The Hall–Kier alpha value is -4.51. The van der Waals surface area contributed by atoms with Crippen molar-refractivity contribution in [3.05, 3.63) is 124 Å². The van der Waals surface area contributed by atoms with E-state index in [1.807, 2.05) is 25.1 Å². The van der Waals surface area contributed by atoms with Gasteiger partial charge in [0, 0.05) is 21.7 Å². The van der Waals surface area contributed by atoms with Crippen LogP contribution in [0.15, 0.2) is 102 Å². The van der Waals surface area contributed by atoms with Gasteiger partial charge in [-0.15, -0.1) is 11.8 Å². The van der Waals surface area contributed by atoms with Crippen LogP contribution < -0.4 is 16.0 Å². The van der Waals surface area contributed by atoms with Gasteiger partial charge in [-0.25, -0.2) is 9.37 Å². The number of amides is 3. The Morgan fingerprint density at radius 3 is 2.53 bits per heavy atom. The number of rotatable bonds is 9. The highest BCUT2D eigenvalue weighted by molar-refractivity contribution is 8.00. The molecule has 11 heteroatoms. The van der Waals surface area contributed by atoms with Crippen LogP contribution in [0.3, 0.4) is 0 Å². The molecule has 4 aromatic carbocycles.